The molecular weight excluding hydrogens is 436 g/mol. The van der Waals surface area contributed by atoms with Crippen LogP contribution in [-0.4, -0.2) is 26.5 Å². The molecule has 0 spiro atoms. The summed E-state index contributed by atoms with van der Waals surface area (Å²) in [6, 6.07) is 21.3. The molecule has 1 saturated carbocycles. The van der Waals surface area contributed by atoms with Crippen LogP contribution in [0.15, 0.2) is 84.7 Å². The number of rotatable bonds is 7. The molecule has 0 unspecified atom stereocenters. The molecule has 3 N–H and O–H groups in total. The lowest BCUT2D eigenvalue weighted by atomic mass is 10.00. The second-order valence-corrected chi connectivity index (χ2v) is 9.03. The molecule has 2 aliphatic rings. The van der Waals surface area contributed by atoms with Crippen LogP contribution in [0.3, 0.4) is 0 Å². The maximum absolute atomic E-state index is 11.8. The van der Waals surface area contributed by atoms with Crippen molar-refractivity contribution in [1.82, 2.24) is 19.9 Å². The number of nitrogens with one attached hydrogen (secondary N) is 3. The SMILES string of the molecule is C=C1NC(=O)C/C1=C\c1cnn2c(NC3CC3)cc(NCc3ccccc3-c3ccccc3)nc12. The number of nitrogens with zero attached hydrogens (tertiary/aromatic N) is 3. The zero-order chi connectivity index (χ0) is 23.8. The zero-order valence-corrected chi connectivity index (χ0v) is 19.3. The van der Waals surface area contributed by atoms with Gasteiger partial charge in [-0.15, -0.1) is 0 Å². The van der Waals surface area contributed by atoms with Crippen LogP contribution in [0.5, 0.6) is 0 Å². The van der Waals surface area contributed by atoms with Gasteiger partial charge < -0.3 is 16.0 Å². The number of allylic oxidation sites excluding steroid dienone is 1. The van der Waals surface area contributed by atoms with E-state index in [1.165, 1.54) is 16.7 Å². The summed E-state index contributed by atoms with van der Waals surface area (Å²) in [7, 11) is 0. The van der Waals surface area contributed by atoms with E-state index in [-0.39, 0.29) is 5.91 Å². The van der Waals surface area contributed by atoms with Crippen molar-refractivity contribution in [3.8, 4) is 11.1 Å². The maximum Gasteiger partial charge on any atom is 0.228 e. The Balaban J connectivity index is 1.34. The van der Waals surface area contributed by atoms with Crippen LogP contribution in [0.25, 0.3) is 22.9 Å². The first-order chi connectivity index (χ1) is 17.1. The number of anilines is 2. The van der Waals surface area contributed by atoms with Gasteiger partial charge in [0.25, 0.3) is 0 Å². The lowest BCUT2D eigenvalue weighted by Crippen LogP contribution is -2.10. The van der Waals surface area contributed by atoms with Crippen LogP contribution < -0.4 is 16.0 Å². The van der Waals surface area contributed by atoms with Crippen LogP contribution in [-0.2, 0) is 11.3 Å². The highest BCUT2D eigenvalue weighted by atomic mass is 16.1. The van der Waals surface area contributed by atoms with Gasteiger partial charge in [-0.1, -0.05) is 61.2 Å². The Labute approximate surface area is 203 Å². The minimum atomic E-state index is -0.0405. The van der Waals surface area contributed by atoms with Crippen LogP contribution in [0.1, 0.15) is 30.4 Å². The molecule has 1 amide bonds. The fourth-order valence-corrected chi connectivity index (χ4v) is 4.37. The van der Waals surface area contributed by atoms with E-state index in [1.807, 2.05) is 22.7 Å². The molecule has 1 aliphatic heterocycles. The summed E-state index contributed by atoms with van der Waals surface area (Å²) in [4.78, 5) is 16.7. The number of hydrogen-bond acceptors (Lipinski definition) is 5. The molecule has 1 saturated heterocycles. The number of carbonyl (C=O) groups is 1. The third-order valence-corrected chi connectivity index (χ3v) is 6.35. The molecule has 1 aliphatic carbocycles. The van der Waals surface area contributed by atoms with Crippen molar-refractivity contribution >= 4 is 29.3 Å². The van der Waals surface area contributed by atoms with Gasteiger partial charge >= 0.3 is 0 Å². The van der Waals surface area contributed by atoms with Crippen LogP contribution in [0.2, 0.25) is 0 Å². The third-order valence-electron chi connectivity index (χ3n) is 6.35. The number of hydrogen-bond donors (Lipinski definition) is 3. The summed E-state index contributed by atoms with van der Waals surface area (Å²) < 4.78 is 1.83. The molecule has 174 valence electrons. The summed E-state index contributed by atoms with van der Waals surface area (Å²) >= 11 is 0. The fraction of sp³-hybridized carbons (Fsp3) is 0.179. The van der Waals surface area contributed by atoms with Crippen molar-refractivity contribution < 1.29 is 4.79 Å². The van der Waals surface area contributed by atoms with E-state index >= 15 is 0 Å². The smallest absolute Gasteiger partial charge is 0.228 e. The van der Waals surface area contributed by atoms with Crippen LogP contribution in [0.4, 0.5) is 11.6 Å². The highest BCUT2D eigenvalue weighted by molar-refractivity contribution is 5.89. The van der Waals surface area contributed by atoms with E-state index < -0.39 is 0 Å². The first-order valence-electron chi connectivity index (χ1n) is 11.9. The minimum absolute atomic E-state index is 0.0405. The van der Waals surface area contributed by atoms with E-state index in [0.29, 0.717) is 24.7 Å². The molecule has 2 aromatic heterocycles. The normalized spacial score (nSPS) is 16.6. The first kappa shape index (κ1) is 21.2. The molecule has 0 radical (unpaired) electrons. The van der Waals surface area contributed by atoms with E-state index in [9.17, 15) is 4.79 Å². The predicted molar refractivity (Wildman–Crippen MR) is 139 cm³/mol. The summed E-state index contributed by atoms with van der Waals surface area (Å²) in [5.41, 5.74) is 6.66. The van der Waals surface area contributed by atoms with Crippen molar-refractivity contribution in [2.45, 2.75) is 31.8 Å². The number of carbonyl (C=O) groups excluding carboxylic acids is 1. The van der Waals surface area contributed by atoms with Crippen molar-refractivity contribution in [1.29, 1.82) is 0 Å². The van der Waals surface area contributed by atoms with Crippen molar-refractivity contribution in [2.75, 3.05) is 10.6 Å². The molecule has 2 fully saturated rings. The Morgan fingerprint density at radius 2 is 1.91 bits per heavy atom. The van der Waals surface area contributed by atoms with Gasteiger partial charge in [0.05, 0.1) is 12.6 Å². The summed E-state index contributed by atoms with van der Waals surface area (Å²) in [5.74, 6) is 1.63. The Morgan fingerprint density at radius 3 is 2.69 bits per heavy atom. The Kier molecular flexibility index (Phi) is 5.29. The Morgan fingerprint density at radius 1 is 1.11 bits per heavy atom. The van der Waals surface area contributed by atoms with E-state index in [1.54, 1.807) is 6.20 Å². The molecule has 0 bridgehead atoms. The standard InChI is InChI=1S/C28H26N6O/c1-18-21(14-27(35)31-18)13-22-17-30-34-26(32-23-11-12-23)15-25(33-28(22)34)29-16-20-9-5-6-10-24(20)19-7-3-2-4-8-19/h2-10,13,15,17,23,32H,1,11-12,14,16H2,(H,29,33)(H,31,35)/b21-13+. The second-order valence-electron chi connectivity index (χ2n) is 9.03. The van der Waals surface area contributed by atoms with Gasteiger partial charge in [0.2, 0.25) is 5.91 Å². The molecule has 4 aromatic rings. The monoisotopic (exact) mass is 462 g/mol. The van der Waals surface area contributed by atoms with E-state index in [2.05, 4.69) is 76.2 Å². The highest BCUT2D eigenvalue weighted by Gasteiger charge is 2.24. The van der Waals surface area contributed by atoms with Gasteiger partial charge in [-0.25, -0.2) is 4.98 Å². The first-order valence-corrected chi connectivity index (χ1v) is 11.9. The van der Waals surface area contributed by atoms with Crippen molar-refractivity contribution in [3.05, 3.63) is 95.8 Å². The summed E-state index contributed by atoms with van der Waals surface area (Å²) in [6.07, 6.45) is 6.37. The number of amides is 1. The molecule has 35 heavy (non-hydrogen) atoms. The Hall–Kier alpha value is -4.39. The molecule has 2 aromatic carbocycles. The van der Waals surface area contributed by atoms with E-state index in [4.69, 9.17) is 4.98 Å². The predicted octanol–water partition coefficient (Wildman–Crippen LogP) is 5.00. The van der Waals surface area contributed by atoms with Crippen LogP contribution in [0, 0.1) is 0 Å². The van der Waals surface area contributed by atoms with Gasteiger partial charge in [-0.2, -0.15) is 9.61 Å². The maximum atomic E-state index is 11.8. The molecule has 6 rings (SSSR count). The average molecular weight is 463 g/mol. The lowest BCUT2D eigenvalue weighted by molar-refractivity contribution is -0.118. The highest BCUT2D eigenvalue weighted by Crippen LogP contribution is 2.29. The molecule has 3 heterocycles. The molecule has 7 heteroatoms. The topological polar surface area (TPSA) is 83.4 Å². The third kappa shape index (κ3) is 4.40. The second kappa shape index (κ2) is 8.76. The van der Waals surface area contributed by atoms with Gasteiger partial charge in [-0.05, 0) is 41.2 Å². The fourth-order valence-electron chi connectivity index (χ4n) is 4.37. The summed E-state index contributed by atoms with van der Waals surface area (Å²) in [6.45, 7) is 4.59. The van der Waals surface area contributed by atoms with Crippen molar-refractivity contribution in [2.24, 2.45) is 0 Å². The zero-order valence-electron chi connectivity index (χ0n) is 19.3. The van der Waals surface area contributed by atoms with Gasteiger partial charge in [0, 0.05) is 29.9 Å². The molecule has 7 nitrogen and oxygen atoms in total. The quantitative estimate of drug-likeness (QED) is 0.360. The number of aromatic nitrogens is 3. The number of benzene rings is 2. The van der Waals surface area contributed by atoms with E-state index in [0.717, 1.165) is 41.3 Å². The van der Waals surface area contributed by atoms with Gasteiger partial charge in [0.1, 0.15) is 11.6 Å². The van der Waals surface area contributed by atoms with Gasteiger partial charge in [0.15, 0.2) is 5.65 Å². The Bertz CT molecular complexity index is 1470. The van der Waals surface area contributed by atoms with Crippen molar-refractivity contribution in [3.63, 3.8) is 0 Å². The largest absolute Gasteiger partial charge is 0.367 e. The minimum Gasteiger partial charge on any atom is -0.367 e. The molecule has 0 atom stereocenters. The average Bonchev–Trinajstić information content (AvgIpc) is 3.51. The van der Waals surface area contributed by atoms with Gasteiger partial charge in [-0.3, -0.25) is 4.79 Å². The number of fused-ring (bicyclic) bond motifs is 1. The van der Waals surface area contributed by atoms with Crippen LogP contribution >= 0.6 is 0 Å². The lowest BCUT2D eigenvalue weighted by Gasteiger charge is -2.14. The molecular formula is C28H26N6O. The summed E-state index contributed by atoms with van der Waals surface area (Å²) in [5, 5.41) is 14.5.